The second kappa shape index (κ2) is 4.81. The van der Waals surface area contributed by atoms with Crippen molar-refractivity contribution in [2.24, 2.45) is 0 Å². The number of halogens is 2. The highest BCUT2D eigenvalue weighted by atomic mass is 19.3. The zero-order valence-corrected chi connectivity index (χ0v) is 8.10. The Kier molecular flexibility index (Phi) is 3.70. The van der Waals surface area contributed by atoms with Crippen molar-refractivity contribution >= 4 is 5.97 Å². The third-order valence-corrected chi connectivity index (χ3v) is 1.96. The Balaban J connectivity index is 2.73. The first kappa shape index (κ1) is 11.5. The van der Waals surface area contributed by atoms with E-state index in [-0.39, 0.29) is 18.8 Å². The highest BCUT2D eigenvalue weighted by Crippen LogP contribution is 2.13. The molecule has 0 spiro atoms. The molecule has 0 bridgehead atoms. The molecule has 1 heterocycles. The molecule has 0 amide bonds. The molecule has 7 heteroatoms. The highest BCUT2D eigenvalue weighted by molar-refractivity contribution is 5.74. The van der Waals surface area contributed by atoms with Gasteiger partial charge in [-0.2, -0.15) is 5.10 Å². The summed E-state index contributed by atoms with van der Waals surface area (Å²) in [6, 6.07) is 0. The van der Waals surface area contributed by atoms with Crippen molar-refractivity contribution in [1.82, 2.24) is 14.8 Å². The van der Waals surface area contributed by atoms with Gasteiger partial charge in [-0.05, 0) is 6.92 Å². The Bertz CT molecular complexity index is 340. The van der Waals surface area contributed by atoms with Crippen molar-refractivity contribution in [3.05, 3.63) is 12.2 Å². The van der Waals surface area contributed by atoms with Crippen molar-refractivity contribution in [1.29, 1.82) is 0 Å². The molecule has 0 fully saturated rings. The predicted octanol–water partition coefficient (Wildman–Crippen LogP) is 1.12. The van der Waals surface area contributed by atoms with Crippen LogP contribution in [0.25, 0.3) is 0 Å². The summed E-state index contributed by atoms with van der Waals surface area (Å²) in [6.07, 6.45) is -1.62. The molecule has 0 aliphatic rings. The Morgan fingerprint density at radius 2 is 2.33 bits per heavy atom. The molecule has 1 aromatic heterocycles. The number of aryl methyl sites for hydroxylation is 1. The zero-order valence-electron chi connectivity index (χ0n) is 8.10. The molecule has 0 saturated carbocycles. The largest absolute Gasteiger partial charge is 0.481 e. The average molecular weight is 219 g/mol. The lowest BCUT2D eigenvalue weighted by atomic mass is 10.2. The summed E-state index contributed by atoms with van der Waals surface area (Å²) in [4.78, 5) is 14.4. The number of carbonyl (C=O) groups is 1. The van der Waals surface area contributed by atoms with Crippen LogP contribution < -0.4 is 0 Å². The number of carboxylic acids is 1. The van der Waals surface area contributed by atoms with Crippen LogP contribution in [-0.2, 0) is 11.3 Å². The summed E-state index contributed by atoms with van der Waals surface area (Å²) >= 11 is 0. The summed E-state index contributed by atoms with van der Waals surface area (Å²) in [7, 11) is 0. The molecular formula is C8H11F2N3O2. The molecule has 1 atom stereocenters. The molecule has 15 heavy (non-hydrogen) atoms. The monoisotopic (exact) mass is 219 g/mol. The van der Waals surface area contributed by atoms with Gasteiger partial charge in [-0.25, -0.2) is 18.4 Å². The highest BCUT2D eigenvalue weighted by Gasteiger charge is 2.20. The number of hydrogen-bond donors (Lipinski definition) is 1. The first-order valence-electron chi connectivity index (χ1n) is 4.41. The van der Waals surface area contributed by atoms with Crippen molar-refractivity contribution in [2.75, 3.05) is 0 Å². The SMILES string of the molecule is CC(C(=O)O)c1ncnn1CCC(F)F. The van der Waals surface area contributed by atoms with Crippen molar-refractivity contribution in [3.8, 4) is 0 Å². The van der Waals surface area contributed by atoms with Crippen LogP contribution in [0.15, 0.2) is 6.33 Å². The minimum atomic E-state index is -2.43. The number of aliphatic carboxylic acids is 1. The van der Waals surface area contributed by atoms with E-state index in [1.54, 1.807) is 0 Å². The molecule has 0 aliphatic carbocycles. The van der Waals surface area contributed by atoms with Crippen LogP contribution in [0, 0.1) is 0 Å². The van der Waals surface area contributed by atoms with Crippen LogP contribution >= 0.6 is 0 Å². The summed E-state index contributed by atoms with van der Waals surface area (Å²) in [5.41, 5.74) is 0. The molecule has 5 nitrogen and oxygen atoms in total. The first-order valence-corrected chi connectivity index (χ1v) is 4.41. The van der Waals surface area contributed by atoms with Crippen LogP contribution in [0.2, 0.25) is 0 Å². The van der Waals surface area contributed by atoms with Gasteiger partial charge in [0.1, 0.15) is 18.1 Å². The lowest BCUT2D eigenvalue weighted by Crippen LogP contribution is -2.16. The number of carboxylic acid groups (broad SMARTS) is 1. The topological polar surface area (TPSA) is 68.0 Å². The van der Waals surface area contributed by atoms with E-state index in [1.807, 2.05) is 0 Å². The smallest absolute Gasteiger partial charge is 0.313 e. The maximum atomic E-state index is 11.9. The standard InChI is InChI=1S/C8H11F2N3O2/c1-5(8(14)15)7-11-4-12-13(7)3-2-6(9)10/h4-6H,2-3H2,1H3,(H,14,15). The number of hydrogen-bond acceptors (Lipinski definition) is 3. The van der Waals surface area contributed by atoms with Crippen LogP contribution in [-0.4, -0.2) is 32.3 Å². The quantitative estimate of drug-likeness (QED) is 0.805. The zero-order chi connectivity index (χ0) is 11.4. The van der Waals surface area contributed by atoms with Gasteiger partial charge in [-0.15, -0.1) is 0 Å². The van der Waals surface area contributed by atoms with Crippen LogP contribution in [0.4, 0.5) is 8.78 Å². The van der Waals surface area contributed by atoms with E-state index in [0.29, 0.717) is 0 Å². The molecule has 84 valence electrons. The second-order valence-corrected chi connectivity index (χ2v) is 3.08. The third-order valence-electron chi connectivity index (χ3n) is 1.96. The van der Waals surface area contributed by atoms with E-state index in [4.69, 9.17) is 5.11 Å². The maximum absolute atomic E-state index is 11.9. The number of alkyl halides is 2. The summed E-state index contributed by atoms with van der Waals surface area (Å²) in [5.74, 6) is -1.70. The predicted molar refractivity (Wildman–Crippen MR) is 46.7 cm³/mol. The van der Waals surface area contributed by atoms with Gasteiger partial charge in [-0.3, -0.25) is 4.79 Å². The molecule has 1 aromatic rings. The molecule has 1 rings (SSSR count). The average Bonchev–Trinajstić information content (AvgIpc) is 2.60. The lowest BCUT2D eigenvalue weighted by Gasteiger charge is -2.08. The van der Waals surface area contributed by atoms with E-state index in [0.717, 1.165) is 0 Å². The van der Waals surface area contributed by atoms with Crippen LogP contribution in [0.1, 0.15) is 25.1 Å². The van der Waals surface area contributed by atoms with Gasteiger partial charge < -0.3 is 5.11 Å². The number of nitrogens with zero attached hydrogens (tertiary/aromatic N) is 3. The van der Waals surface area contributed by atoms with Gasteiger partial charge in [-0.1, -0.05) is 0 Å². The Labute approximate surface area is 84.7 Å². The Morgan fingerprint density at radius 1 is 1.67 bits per heavy atom. The first-order chi connectivity index (χ1) is 7.02. The Hall–Kier alpha value is -1.53. The fourth-order valence-corrected chi connectivity index (χ4v) is 1.11. The van der Waals surface area contributed by atoms with E-state index in [9.17, 15) is 13.6 Å². The van der Waals surface area contributed by atoms with E-state index in [2.05, 4.69) is 10.1 Å². The maximum Gasteiger partial charge on any atom is 0.313 e. The summed E-state index contributed by atoms with van der Waals surface area (Å²) in [5, 5.41) is 12.4. The molecule has 1 N–H and O–H groups in total. The molecule has 0 saturated heterocycles. The van der Waals surface area contributed by atoms with E-state index < -0.39 is 18.3 Å². The summed E-state index contributed by atoms with van der Waals surface area (Å²) in [6.45, 7) is 1.41. The Morgan fingerprint density at radius 3 is 2.87 bits per heavy atom. The number of rotatable bonds is 5. The van der Waals surface area contributed by atoms with Gasteiger partial charge in [0.15, 0.2) is 0 Å². The van der Waals surface area contributed by atoms with E-state index in [1.165, 1.54) is 17.9 Å². The van der Waals surface area contributed by atoms with Crippen molar-refractivity contribution in [2.45, 2.75) is 32.2 Å². The number of aromatic nitrogens is 3. The molecule has 1 unspecified atom stereocenters. The molecular weight excluding hydrogens is 208 g/mol. The van der Waals surface area contributed by atoms with Crippen LogP contribution in [0.3, 0.4) is 0 Å². The fraction of sp³-hybridized carbons (Fsp3) is 0.625. The lowest BCUT2D eigenvalue weighted by molar-refractivity contribution is -0.138. The van der Waals surface area contributed by atoms with Gasteiger partial charge in [0.25, 0.3) is 0 Å². The fourth-order valence-electron chi connectivity index (χ4n) is 1.11. The van der Waals surface area contributed by atoms with Gasteiger partial charge in [0.05, 0.1) is 0 Å². The third kappa shape index (κ3) is 2.97. The molecule has 0 aliphatic heterocycles. The summed E-state index contributed by atoms with van der Waals surface area (Å²) < 4.78 is 25.1. The minimum absolute atomic E-state index is 0.0232. The molecule has 0 aromatic carbocycles. The van der Waals surface area contributed by atoms with Crippen molar-refractivity contribution in [3.63, 3.8) is 0 Å². The van der Waals surface area contributed by atoms with Crippen molar-refractivity contribution < 1.29 is 18.7 Å². The molecule has 0 radical (unpaired) electrons. The normalized spacial score (nSPS) is 13.1. The van der Waals surface area contributed by atoms with Gasteiger partial charge in [0, 0.05) is 13.0 Å². The van der Waals surface area contributed by atoms with Gasteiger partial charge >= 0.3 is 5.97 Å². The van der Waals surface area contributed by atoms with Gasteiger partial charge in [0.2, 0.25) is 6.43 Å². The van der Waals surface area contributed by atoms with E-state index >= 15 is 0 Å². The van der Waals surface area contributed by atoms with Crippen LogP contribution in [0.5, 0.6) is 0 Å². The minimum Gasteiger partial charge on any atom is -0.481 e. The second-order valence-electron chi connectivity index (χ2n) is 3.08.